The first-order chi connectivity index (χ1) is 9.13. The SMILES string of the molecule is CSCC[C@@H](NC(=O)NCCC1=CCCC1)C(=O)O. The van der Waals surface area contributed by atoms with E-state index in [1.54, 1.807) is 11.8 Å². The van der Waals surface area contributed by atoms with E-state index in [1.165, 1.54) is 12.0 Å². The number of rotatable bonds is 8. The molecule has 1 aliphatic carbocycles. The summed E-state index contributed by atoms with van der Waals surface area (Å²) in [5.74, 6) is -0.271. The Morgan fingerprint density at radius 1 is 1.53 bits per heavy atom. The van der Waals surface area contributed by atoms with Crippen LogP contribution in [0.4, 0.5) is 4.79 Å². The second-order valence-electron chi connectivity index (χ2n) is 4.58. The van der Waals surface area contributed by atoms with E-state index in [0.29, 0.717) is 18.7 Å². The summed E-state index contributed by atoms with van der Waals surface area (Å²) in [7, 11) is 0. The number of allylic oxidation sites excluding steroid dienone is 1. The molecule has 0 aromatic heterocycles. The fourth-order valence-corrected chi connectivity index (χ4v) is 2.47. The van der Waals surface area contributed by atoms with Crippen molar-refractivity contribution < 1.29 is 14.7 Å². The molecular weight excluding hydrogens is 264 g/mol. The second-order valence-corrected chi connectivity index (χ2v) is 5.56. The third-order valence-electron chi connectivity index (χ3n) is 3.08. The number of nitrogens with one attached hydrogen (secondary N) is 2. The monoisotopic (exact) mass is 286 g/mol. The van der Waals surface area contributed by atoms with Crippen LogP contribution in [0.1, 0.15) is 32.1 Å². The molecule has 0 saturated heterocycles. The Balaban J connectivity index is 2.21. The molecule has 2 amide bonds. The summed E-state index contributed by atoms with van der Waals surface area (Å²) in [6, 6.07) is -1.20. The molecular formula is C13H22N2O3S. The zero-order valence-electron chi connectivity index (χ0n) is 11.3. The molecule has 1 atom stereocenters. The topological polar surface area (TPSA) is 78.4 Å². The van der Waals surface area contributed by atoms with E-state index < -0.39 is 18.0 Å². The lowest BCUT2D eigenvalue weighted by molar-refractivity contribution is -0.139. The van der Waals surface area contributed by atoms with Crippen molar-refractivity contribution in [2.24, 2.45) is 0 Å². The van der Waals surface area contributed by atoms with E-state index in [1.807, 2.05) is 6.26 Å². The summed E-state index contributed by atoms with van der Waals surface area (Å²) >= 11 is 1.57. The lowest BCUT2D eigenvalue weighted by Gasteiger charge is -2.14. The number of carbonyl (C=O) groups excluding carboxylic acids is 1. The Hall–Kier alpha value is -1.17. The maximum Gasteiger partial charge on any atom is 0.326 e. The van der Waals surface area contributed by atoms with Crippen LogP contribution in [-0.4, -0.2) is 41.7 Å². The van der Waals surface area contributed by atoms with Gasteiger partial charge in [0, 0.05) is 6.54 Å². The molecule has 0 unspecified atom stereocenters. The third-order valence-corrected chi connectivity index (χ3v) is 3.72. The quantitative estimate of drug-likeness (QED) is 0.596. The molecule has 0 aliphatic heterocycles. The van der Waals surface area contributed by atoms with Crippen LogP contribution >= 0.6 is 11.8 Å². The third kappa shape index (κ3) is 6.52. The van der Waals surface area contributed by atoms with E-state index in [0.717, 1.165) is 19.3 Å². The van der Waals surface area contributed by atoms with Crippen molar-refractivity contribution in [1.29, 1.82) is 0 Å². The van der Waals surface area contributed by atoms with Gasteiger partial charge in [-0.05, 0) is 44.1 Å². The molecule has 108 valence electrons. The molecule has 0 fully saturated rings. The number of aliphatic carboxylic acids is 1. The second kappa shape index (κ2) is 8.85. The highest BCUT2D eigenvalue weighted by Crippen LogP contribution is 2.19. The van der Waals surface area contributed by atoms with E-state index in [9.17, 15) is 9.59 Å². The smallest absolute Gasteiger partial charge is 0.326 e. The van der Waals surface area contributed by atoms with Crippen LogP contribution in [0.2, 0.25) is 0 Å². The van der Waals surface area contributed by atoms with Crippen LogP contribution < -0.4 is 10.6 Å². The van der Waals surface area contributed by atoms with Crippen molar-refractivity contribution >= 4 is 23.8 Å². The van der Waals surface area contributed by atoms with Gasteiger partial charge in [0.2, 0.25) is 0 Å². The van der Waals surface area contributed by atoms with E-state index in [-0.39, 0.29) is 0 Å². The van der Waals surface area contributed by atoms with Gasteiger partial charge in [0.15, 0.2) is 0 Å². The highest BCUT2D eigenvalue weighted by atomic mass is 32.2. The summed E-state index contributed by atoms with van der Waals surface area (Å²) in [4.78, 5) is 22.5. The summed E-state index contributed by atoms with van der Waals surface area (Å²) in [6.07, 6.45) is 8.89. The minimum Gasteiger partial charge on any atom is -0.480 e. The number of carboxylic acids is 1. The lowest BCUT2D eigenvalue weighted by Crippen LogP contribution is -2.46. The minimum atomic E-state index is -0.984. The number of hydrogen-bond acceptors (Lipinski definition) is 3. The lowest BCUT2D eigenvalue weighted by atomic mass is 10.2. The fourth-order valence-electron chi connectivity index (χ4n) is 2.00. The van der Waals surface area contributed by atoms with E-state index in [2.05, 4.69) is 16.7 Å². The molecule has 1 aliphatic rings. The summed E-state index contributed by atoms with van der Waals surface area (Å²) in [6.45, 7) is 0.562. The summed E-state index contributed by atoms with van der Waals surface area (Å²) < 4.78 is 0. The Morgan fingerprint density at radius 3 is 2.89 bits per heavy atom. The van der Waals surface area contributed by atoms with Crippen LogP contribution in [-0.2, 0) is 4.79 Å². The van der Waals surface area contributed by atoms with Gasteiger partial charge in [-0.3, -0.25) is 0 Å². The van der Waals surface area contributed by atoms with Crippen LogP contribution in [0.5, 0.6) is 0 Å². The molecule has 0 bridgehead atoms. The van der Waals surface area contributed by atoms with Gasteiger partial charge >= 0.3 is 12.0 Å². The Morgan fingerprint density at radius 2 is 2.32 bits per heavy atom. The maximum absolute atomic E-state index is 11.6. The molecule has 19 heavy (non-hydrogen) atoms. The molecule has 0 radical (unpaired) electrons. The molecule has 0 aromatic carbocycles. The first kappa shape index (κ1) is 15.9. The number of hydrogen-bond donors (Lipinski definition) is 3. The molecule has 0 saturated carbocycles. The van der Waals surface area contributed by atoms with Crippen molar-refractivity contribution in [3.8, 4) is 0 Å². The van der Waals surface area contributed by atoms with Crippen LogP contribution in [0.3, 0.4) is 0 Å². The molecule has 5 nitrogen and oxygen atoms in total. The Kier molecular flexibility index (Phi) is 7.40. The largest absolute Gasteiger partial charge is 0.480 e. The van der Waals surface area contributed by atoms with Crippen LogP contribution in [0.15, 0.2) is 11.6 Å². The zero-order chi connectivity index (χ0) is 14.1. The van der Waals surface area contributed by atoms with Gasteiger partial charge in [0.1, 0.15) is 6.04 Å². The predicted molar refractivity (Wildman–Crippen MR) is 77.5 cm³/mol. The summed E-state index contributed by atoms with van der Waals surface area (Å²) in [5, 5.41) is 14.2. The van der Waals surface area contributed by atoms with E-state index in [4.69, 9.17) is 5.11 Å². The van der Waals surface area contributed by atoms with Gasteiger partial charge in [-0.1, -0.05) is 11.6 Å². The highest BCUT2D eigenvalue weighted by molar-refractivity contribution is 7.98. The van der Waals surface area contributed by atoms with Crippen molar-refractivity contribution in [2.45, 2.75) is 38.1 Å². The van der Waals surface area contributed by atoms with E-state index >= 15 is 0 Å². The minimum absolute atomic E-state index is 0.396. The van der Waals surface area contributed by atoms with Crippen molar-refractivity contribution in [3.05, 3.63) is 11.6 Å². The number of carboxylic acid groups (broad SMARTS) is 1. The zero-order valence-corrected chi connectivity index (χ0v) is 12.1. The van der Waals surface area contributed by atoms with Crippen LogP contribution in [0.25, 0.3) is 0 Å². The molecule has 3 N–H and O–H groups in total. The first-order valence-electron chi connectivity index (χ1n) is 6.57. The average molecular weight is 286 g/mol. The van der Waals surface area contributed by atoms with Crippen molar-refractivity contribution in [2.75, 3.05) is 18.6 Å². The normalized spacial score (nSPS) is 15.7. The summed E-state index contributed by atoms with van der Waals surface area (Å²) in [5.41, 5.74) is 1.39. The van der Waals surface area contributed by atoms with Gasteiger partial charge in [0.25, 0.3) is 0 Å². The van der Waals surface area contributed by atoms with Gasteiger partial charge in [-0.15, -0.1) is 0 Å². The average Bonchev–Trinajstić information content (AvgIpc) is 2.87. The molecule has 0 heterocycles. The van der Waals surface area contributed by atoms with Gasteiger partial charge in [0.05, 0.1) is 0 Å². The van der Waals surface area contributed by atoms with Crippen LogP contribution in [0, 0.1) is 0 Å². The number of amides is 2. The van der Waals surface area contributed by atoms with Gasteiger partial charge in [-0.2, -0.15) is 11.8 Å². The Bertz CT molecular complexity index is 345. The fraction of sp³-hybridized carbons (Fsp3) is 0.692. The standard InChI is InChI=1S/C13H22N2O3S/c1-19-9-7-11(12(16)17)15-13(18)14-8-6-10-4-2-3-5-10/h4,11H,2-3,5-9H2,1H3,(H,16,17)(H2,14,15,18)/t11-/m1/s1. The molecule has 0 aromatic rings. The van der Waals surface area contributed by atoms with Crippen molar-refractivity contribution in [3.63, 3.8) is 0 Å². The first-order valence-corrected chi connectivity index (χ1v) is 7.97. The number of thioether (sulfide) groups is 1. The number of urea groups is 1. The predicted octanol–water partition coefficient (Wildman–Crippen LogP) is 1.99. The molecule has 1 rings (SSSR count). The molecule has 0 spiro atoms. The molecule has 6 heteroatoms. The Labute approximate surface area is 118 Å². The maximum atomic E-state index is 11.6. The van der Waals surface area contributed by atoms with Gasteiger partial charge < -0.3 is 15.7 Å². The highest BCUT2D eigenvalue weighted by Gasteiger charge is 2.18. The number of carbonyl (C=O) groups is 2. The van der Waals surface area contributed by atoms with Gasteiger partial charge in [-0.25, -0.2) is 9.59 Å². The van der Waals surface area contributed by atoms with Crippen molar-refractivity contribution in [1.82, 2.24) is 10.6 Å².